The van der Waals surface area contributed by atoms with Gasteiger partial charge < -0.3 is 9.47 Å². The van der Waals surface area contributed by atoms with Crippen molar-refractivity contribution in [1.82, 2.24) is 0 Å². The van der Waals surface area contributed by atoms with Gasteiger partial charge in [-0.05, 0) is 0 Å². The smallest absolute Gasteiger partial charge is 0.418 e. The van der Waals surface area contributed by atoms with E-state index in [2.05, 4.69) is 9.47 Å². The van der Waals surface area contributed by atoms with Crippen molar-refractivity contribution in [2.24, 2.45) is 0 Å². The van der Waals surface area contributed by atoms with Crippen LogP contribution in [-0.2, 0) is 19.1 Å². The van der Waals surface area contributed by atoms with Gasteiger partial charge in [-0.15, -0.1) is 0 Å². The van der Waals surface area contributed by atoms with Crippen LogP contribution >= 0.6 is 0 Å². The molecular formula is C10H9O4. The molecule has 0 aliphatic rings. The van der Waals surface area contributed by atoms with Gasteiger partial charge in [-0.2, -0.15) is 0 Å². The number of carbonyl (C=O) groups is 1. The average Bonchev–Trinajstić information content (AvgIpc) is 2.26. The van der Waals surface area contributed by atoms with Gasteiger partial charge in [0.1, 0.15) is 0 Å². The molecule has 0 aliphatic heterocycles. The molecule has 1 rings (SSSR count). The molecule has 73 valence electrons. The summed E-state index contributed by atoms with van der Waals surface area (Å²) in [5.41, 5.74) is 0.558. The fourth-order valence-corrected chi connectivity index (χ4v) is 1.04. The van der Waals surface area contributed by atoms with Crippen LogP contribution in [0.2, 0.25) is 0 Å². The van der Waals surface area contributed by atoms with Crippen LogP contribution in [0.1, 0.15) is 11.7 Å². The summed E-state index contributed by atoms with van der Waals surface area (Å²) in [5.74, 6) is -0.625. The van der Waals surface area contributed by atoms with Crippen LogP contribution in [-0.4, -0.2) is 19.6 Å². The largest absolute Gasteiger partial charge is 0.466 e. The topological polar surface area (TPSA) is 52.6 Å². The van der Waals surface area contributed by atoms with E-state index in [1.54, 1.807) is 30.3 Å². The third-order valence-electron chi connectivity index (χ3n) is 1.68. The van der Waals surface area contributed by atoms with Crippen molar-refractivity contribution in [2.45, 2.75) is 6.10 Å². The Bertz CT molecular complexity index is 307. The number of esters is 1. The van der Waals surface area contributed by atoms with E-state index in [1.807, 2.05) is 0 Å². The molecule has 0 saturated carbocycles. The summed E-state index contributed by atoms with van der Waals surface area (Å²) in [6.45, 7) is 1.23. The highest BCUT2D eigenvalue weighted by Gasteiger charge is 2.22. The molecule has 4 nitrogen and oxygen atoms in total. The van der Waals surface area contributed by atoms with Crippen LogP contribution in [0.5, 0.6) is 0 Å². The van der Waals surface area contributed by atoms with E-state index in [4.69, 9.17) is 0 Å². The van der Waals surface area contributed by atoms with Crippen molar-refractivity contribution in [3.8, 4) is 0 Å². The lowest BCUT2D eigenvalue weighted by Gasteiger charge is -2.11. The Balaban J connectivity index is 2.88. The summed E-state index contributed by atoms with van der Waals surface area (Å²) in [7, 11) is 1.23. The lowest BCUT2D eigenvalue weighted by Crippen LogP contribution is -2.16. The van der Waals surface area contributed by atoms with E-state index in [-0.39, 0.29) is 0 Å². The predicted molar refractivity (Wildman–Crippen MR) is 48.0 cm³/mol. The van der Waals surface area contributed by atoms with Crippen LogP contribution in [0, 0.1) is 0 Å². The van der Waals surface area contributed by atoms with Gasteiger partial charge in [-0.3, -0.25) is 0 Å². The molecule has 0 saturated heterocycles. The zero-order valence-electron chi connectivity index (χ0n) is 7.60. The zero-order valence-corrected chi connectivity index (χ0v) is 7.60. The first kappa shape index (κ1) is 10.2. The third-order valence-corrected chi connectivity index (χ3v) is 1.68. The molecule has 1 radical (unpaired) electrons. The molecule has 0 N–H and O–H groups in total. The van der Waals surface area contributed by atoms with Gasteiger partial charge >= 0.3 is 12.4 Å². The molecule has 0 bridgehead atoms. The maximum Gasteiger partial charge on any atom is 0.418 e. The average molecular weight is 193 g/mol. The minimum atomic E-state index is -1.03. The highest BCUT2D eigenvalue weighted by molar-refractivity contribution is 5.77. The van der Waals surface area contributed by atoms with Crippen molar-refractivity contribution >= 4 is 12.4 Å². The molecule has 0 heterocycles. The van der Waals surface area contributed by atoms with Crippen molar-refractivity contribution < 1.29 is 19.1 Å². The van der Waals surface area contributed by atoms with E-state index in [0.29, 0.717) is 5.56 Å². The molecule has 1 unspecified atom stereocenters. The molecule has 14 heavy (non-hydrogen) atoms. The fraction of sp³-hybridized carbons (Fsp3) is 0.200. The highest BCUT2D eigenvalue weighted by Crippen LogP contribution is 2.17. The first-order valence-corrected chi connectivity index (χ1v) is 3.95. The number of ether oxygens (including phenoxy) is 2. The number of hydrogen-bond donors (Lipinski definition) is 0. The van der Waals surface area contributed by atoms with Crippen LogP contribution in [0.4, 0.5) is 0 Å². The van der Waals surface area contributed by atoms with E-state index < -0.39 is 12.1 Å². The lowest BCUT2D eigenvalue weighted by atomic mass is 10.1. The first-order valence-electron chi connectivity index (χ1n) is 3.95. The summed E-state index contributed by atoms with van der Waals surface area (Å²) in [4.78, 5) is 21.2. The molecule has 1 aromatic carbocycles. The van der Waals surface area contributed by atoms with Gasteiger partial charge in [-0.25, -0.2) is 9.59 Å². The van der Waals surface area contributed by atoms with Crippen LogP contribution < -0.4 is 0 Å². The number of benzene rings is 1. The van der Waals surface area contributed by atoms with E-state index in [9.17, 15) is 9.59 Å². The van der Waals surface area contributed by atoms with Gasteiger partial charge in [0.15, 0.2) is 0 Å². The van der Waals surface area contributed by atoms with Gasteiger partial charge in [0, 0.05) is 5.56 Å². The SMILES string of the molecule is COC(=O)C(O[C]=O)c1ccccc1. The Morgan fingerprint density at radius 3 is 2.50 bits per heavy atom. The van der Waals surface area contributed by atoms with Crippen molar-refractivity contribution in [3.05, 3.63) is 35.9 Å². The molecule has 0 amide bonds. The van der Waals surface area contributed by atoms with Crippen LogP contribution in [0.25, 0.3) is 0 Å². The molecule has 0 fully saturated rings. The molecule has 0 spiro atoms. The van der Waals surface area contributed by atoms with Crippen molar-refractivity contribution in [1.29, 1.82) is 0 Å². The second kappa shape index (κ2) is 5.01. The monoisotopic (exact) mass is 193 g/mol. The Kier molecular flexibility index (Phi) is 3.67. The van der Waals surface area contributed by atoms with Gasteiger partial charge in [0.2, 0.25) is 6.10 Å². The predicted octanol–water partition coefficient (Wildman–Crippen LogP) is 0.984. The normalized spacial score (nSPS) is 11.5. The second-order valence-electron chi connectivity index (χ2n) is 2.52. The molecule has 1 aromatic rings. The maximum absolute atomic E-state index is 11.2. The summed E-state index contributed by atoms with van der Waals surface area (Å²) >= 11 is 0. The summed E-state index contributed by atoms with van der Waals surface area (Å²) in [5, 5.41) is 0. The summed E-state index contributed by atoms with van der Waals surface area (Å²) in [6.07, 6.45) is -1.03. The third kappa shape index (κ3) is 2.32. The fourth-order valence-electron chi connectivity index (χ4n) is 1.04. The minimum absolute atomic E-state index is 0.558. The number of carbonyl (C=O) groups excluding carboxylic acids is 2. The summed E-state index contributed by atoms with van der Waals surface area (Å²) < 4.78 is 8.98. The van der Waals surface area contributed by atoms with Crippen LogP contribution in [0.15, 0.2) is 30.3 Å². The lowest BCUT2D eigenvalue weighted by molar-refractivity contribution is -0.149. The number of rotatable bonds is 4. The van der Waals surface area contributed by atoms with E-state index in [1.165, 1.54) is 13.6 Å². The van der Waals surface area contributed by atoms with Gasteiger partial charge in [0.25, 0.3) is 0 Å². The van der Waals surface area contributed by atoms with Crippen LogP contribution in [0.3, 0.4) is 0 Å². The second-order valence-corrected chi connectivity index (χ2v) is 2.52. The van der Waals surface area contributed by atoms with Gasteiger partial charge in [0.05, 0.1) is 7.11 Å². The molecule has 0 aromatic heterocycles. The Morgan fingerprint density at radius 2 is 2.00 bits per heavy atom. The quantitative estimate of drug-likeness (QED) is 0.669. The molecule has 4 heteroatoms. The Labute approximate surface area is 81.4 Å². The molecule has 1 atom stereocenters. The van der Waals surface area contributed by atoms with Crippen molar-refractivity contribution in [3.63, 3.8) is 0 Å². The number of hydrogen-bond acceptors (Lipinski definition) is 4. The summed E-state index contributed by atoms with van der Waals surface area (Å²) in [6, 6.07) is 8.60. The Hall–Kier alpha value is -1.84. The van der Waals surface area contributed by atoms with E-state index >= 15 is 0 Å². The van der Waals surface area contributed by atoms with Crippen molar-refractivity contribution in [2.75, 3.05) is 7.11 Å². The standard InChI is InChI=1S/C10H9O4/c1-13-10(12)9(14-7-11)8-5-3-2-4-6-8/h2-6,9H,1H3. The van der Waals surface area contributed by atoms with E-state index in [0.717, 1.165) is 0 Å². The van der Waals surface area contributed by atoms with Gasteiger partial charge in [-0.1, -0.05) is 30.3 Å². The Morgan fingerprint density at radius 1 is 1.36 bits per heavy atom. The zero-order chi connectivity index (χ0) is 10.4. The maximum atomic E-state index is 11.2. The number of methoxy groups -OCH3 is 1. The highest BCUT2D eigenvalue weighted by atomic mass is 16.6. The minimum Gasteiger partial charge on any atom is -0.466 e. The molecular weight excluding hydrogens is 184 g/mol. The molecule has 0 aliphatic carbocycles. The first-order chi connectivity index (χ1) is 6.79.